The third kappa shape index (κ3) is 2.07. The van der Waals surface area contributed by atoms with Crippen molar-refractivity contribution in [3.63, 3.8) is 0 Å². The Morgan fingerprint density at radius 1 is 0.765 bits per heavy atom. The molecule has 17 heavy (non-hydrogen) atoms. The van der Waals surface area contributed by atoms with Gasteiger partial charge in [-0.15, -0.1) is 0 Å². The molecule has 2 nitrogen and oxygen atoms in total. The summed E-state index contributed by atoms with van der Waals surface area (Å²) in [6, 6.07) is 12.4. The van der Waals surface area contributed by atoms with Gasteiger partial charge in [0.1, 0.15) is 0 Å². The van der Waals surface area contributed by atoms with Crippen LogP contribution in [0.2, 0.25) is 0 Å². The monoisotopic (exact) mass is 224 g/mol. The zero-order valence-electron chi connectivity index (χ0n) is 9.79. The fourth-order valence-corrected chi connectivity index (χ4v) is 2.86. The topological polar surface area (TPSA) is 25.8 Å². The number of aromatic nitrogens is 2. The smallest absolute Gasteiger partial charge is 0.0441 e. The predicted molar refractivity (Wildman–Crippen MR) is 67.8 cm³/mol. The summed E-state index contributed by atoms with van der Waals surface area (Å²) < 4.78 is 0. The SMILES string of the molecule is c1ccc(C2CCCC2c2ccccn2)nc1. The largest absolute Gasteiger partial charge is 0.261 e. The lowest BCUT2D eigenvalue weighted by Gasteiger charge is -2.18. The molecule has 2 heteroatoms. The van der Waals surface area contributed by atoms with E-state index in [1.807, 2.05) is 24.5 Å². The second kappa shape index (κ2) is 4.66. The predicted octanol–water partition coefficient (Wildman–Crippen LogP) is 3.53. The Balaban J connectivity index is 1.91. The van der Waals surface area contributed by atoms with Gasteiger partial charge in [0.25, 0.3) is 0 Å². The van der Waals surface area contributed by atoms with Crippen molar-refractivity contribution in [2.24, 2.45) is 0 Å². The minimum Gasteiger partial charge on any atom is -0.261 e. The third-order valence-corrected chi connectivity index (χ3v) is 3.65. The summed E-state index contributed by atoms with van der Waals surface area (Å²) >= 11 is 0. The summed E-state index contributed by atoms with van der Waals surface area (Å²) in [6.45, 7) is 0. The van der Waals surface area contributed by atoms with Crippen LogP contribution in [0.3, 0.4) is 0 Å². The zero-order valence-corrected chi connectivity index (χ0v) is 9.79. The van der Waals surface area contributed by atoms with Crippen molar-refractivity contribution < 1.29 is 0 Å². The van der Waals surface area contributed by atoms with Crippen LogP contribution >= 0.6 is 0 Å². The van der Waals surface area contributed by atoms with E-state index < -0.39 is 0 Å². The molecule has 0 aromatic carbocycles. The maximum Gasteiger partial charge on any atom is 0.0441 e. The molecule has 1 aliphatic carbocycles. The number of nitrogens with zero attached hydrogens (tertiary/aromatic N) is 2. The summed E-state index contributed by atoms with van der Waals surface area (Å²) in [7, 11) is 0. The van der Waals surface area contributed by atoms with E-state index in [9.17, 15) is 0 Å². The first kappa shape index (κ1) is 10.5. The van der Waals surface area contributed by atoms with Crippen LogP contribution in [-0.4, -0.2) is 9.97 Å². The van der Waals surface area contributed by atoms with E-state index in [1.54, 1.807) is 0 Å². The molecular formula is C15H16N2. The summed E-state index contributed by atoms with van der Waals surface area (Å²) in [5.41, 5.74) is 2.45. The van der Waals surface area contributed by atoms with Crippen molar-refractivity contribution in [3.8, 4) is 0 Å². The summed E-state index contributed by atoms with van der Waals surface area (Å²) in [5, 5.41) is 0. The average Bonchev–Trinajstić information content (AvgIpc) is 2.90. The Kier molecular flexibility index (Phi) is 2.87. The summed E-state index contributed by atoms with van der Waals surface area (Å²) in [5.74, 6) is 1.09. The highest BCUT2D eigenvalue weighted by atomic mass is 14.7. The number of hydrogen-bond donors (Lipinski definition) is 0. The highest BCUT2D eigenvalue weighted by Crippen LogP contribution is 2.44. The molecule has 0 amide bonds. The normalized spacial score (nSPS) is 23.8. The molecule has 0 bridgehead atoms. The molecule has 2 heterocycles. The third-order valence-electron chi connectivity index (χ3n) is 3.65. The first-order chi connectivity index (χ1) is 8.45. The van der Waals surface area contributed by atoms with Gasteiger partial charge >= 0.3 is 0 Å². The van der Waals surface area contributed by atoms with Crippen LogP contribution < -0.4 is 0 Å². The van der Waals surface area contributed by atoms with Gasteiger partial charge in [-0.2, -0.15) is 0 Å². The Labute approximate surface area is 102 Å². The molecule has 0 saturated heterocycles. The minimum atomic E-state index is 0.547. The Bertz CT molecular complexity index is 421. The molecule has 2 atom stereocenters. The van der Waals surface area contributed by atoms with E-state index in [-0.39, 0.29) is 0 Å². The van der Waals surface area contributed by atoms with Crippen LogP contribution in [0.1, 0.15) is 42.5 Å². The van der Waals surface area contributed by atoms with E-state index in [0.717, 1.165) is 0 Å². The van der Waals surface area contributed by atoms with Gasteiger partial charge in [-0.25, -0.2) is 0 Å². The Morgan fingerprint density at radius 3 is 1.71 bits per heavy atom. The molecule has 0 aliphatic heterocycles. The van der Waals surface area contributed by atoms with Crippen LogP contribution in [0.5, 0.6) is 0 Å². The lowest BCUT2D eigenvalue weighted by atomic mass is 9.89. The molecule has 2 aromatic rings. The Morgan fingerprint density at radius 2 is 1.29 bits per heavy atom. The minimum absolute atomic E-state index is 0.547. The molecule has 1 aliphatic rings. The summed E-state index contributed by atoms with van der Waals surface area (Å²) in [6.07, 6.45) is 7.53. The number of pyridine rings is 2. The van der Waals surface area contributed by atoms with Gasteiger partial charge < -0.3 is 0 Å². The van der Waals surface area contributed by atoms with Gasteiger partial charge in [0.05, 0.1) is 0 Å². The van der Waals surface area contributed by atoms with Crippen LogP contribution in [-0.2, 0) is 0 Å². The average molecular weight is 224 g/mol. The van der Waals surface area contributed by atoms with Crippen molar-refractivity contribution in [2.45, 2.75) is 31.1 Å². The first-order valence-electron chi connectivity index (χ1n) is 6.27. The maximum atomic E-state index is 4.51. The van der Waals surface area contributed by atoms with Crippen LogP contribution in [0.4, 0.5) is 0 Å². The number of hydrogen-bond acceptors (Lipinski definition) is 2. The van der Waals surface area contributed by atoms with Crippen molar-refractivity contribution in [2.75, 3.05) is 0 Å². The van der Waals surface area contributed by atoms with E-state index >= 15 is 0 Å². The molecule has 1 fully saturated rings. The van der Waals surface area contributed by atoms with E-state index in [4.69, 9.17) is 0 Å². The molecule has 3 rings (SSSR count). The molecule has 2 unspecified atom stereocenters. The van der Waals surface area contributed by atoms with Crippen LogP contribution in [0.25, 0.3) is 0 Å². The van der Waals surface area contributed by atoms with Gasteiger partial charge in [-0.3, -0.25) is 9.97 Å². The van der Waals surface area contributed by atoms with Gasteiger partial charge in [-0.05, 0) is 37.1 Å². The first-order valence-corrected chi connectivity index (χ1v) is 6.27. The highest BCUT2D eigenvalue weighted by Gasteiger charge is 2.31. The van der Waals surface area contributed by atoms with Crippen LogP contribution in [0, 0.1) is 0 Å². The zero-order chi connectivity index (χ0) is 11.5. The lowest BCUT2D eigenvalue weighted by Crippen LogP contribution is -2.07. The van der Waals surface area contributed by atoms with Crippen molar-refractivity contribution in [1.82, 2.24) is 9.97 Å². The number of rotatable bonds is 2. The molecule has 0 spiro atoms. The molecule has 2 aromatic heterocycles. The standard InChI is InChI=1S/C15H16N2/c1-3-10-16-14(8-1)12-6-5-7-13(12)15-9-2-4-11-17-15/h1-4,8-13H,5-7H2. The van der Waals surface area contributed by atoms with E-state index in [0.29, 0.717) is 11.8 Å². The fourth-order valence-electron chi connectivity index (χ4n) is 2.86. The highest BCUT2D eigenvalue weighted by molar-refractivity contribution is 5.21. The van der Waals surface area contributed by atoms with E-state index in [2.05, 4.69) is 34.2 Å². The van der Waals surface area contributed by atoms with Crippen molar-refractivity contribution in [3.05, 3.63) is 60.2 Å². The van der Waals surface area contributed by atoms with Crippen LogP contribution in [0.15, 0.2) is 48.8 Å². The van der Waals surface area contributed by atoms with Crippen molar-refractivity contribution in [1.29, 1.82) is 0 Å². The quantitative estimate of drug-likeness (QED) is 0.780. The maximum absolute atomic E-state index is 4.51. The molecule has 86 valence electrons. The molecule has 0 N–H and O–H groups in total. The van der Waals surface area contributed by atoms with E-state index in [1.165, 1.54) is 30.7 Å². The molecule has 0 radical (unpaired) electrons. The Hall–Kier alpha value is -1.70. The van der Waals surface area contributed by atoms with Gasteiger partial charge in [0.2, 0.25) is 0 Å². The second-order valence-electron chi connectivity index (χ2n) is 4.65. The van der Waals surface area contributed by atoms with Gasteiger partial charge in [0, 0.05) is 35.6 Å². The van der Waals surface area contributed by atoms with Gasteiger partial charge in [0.15, 0.2) is 0 Å². The second-order valence-corrected chi connectivity index (χ2v) is 4.65. The van der Waals surface area contributed by atoms with Gasteiger partial charge in [-0.1, -0.05) is 18.6 Å². The van der Waals surface area contributed by atoms with Crippen molar-refractivity contribution >= 4 is 0 Å². The summed E-state index contributed by atoms with van der Waals surface area (Å²) in [4.78, 5) is 9.02. The lowest BCUT2D eigenvalue weighted by molar-refractivity contribution is 0.593. The fraction of sp³-hybridized carbons (Fsp3) is 0.333. The molecular weight excluding hydrogens is 208 g/mol. The molecule has 1 saturated carbocycles.